The molecule has 1 N–H and O–H groups in total. The van der Waals surface area contributed by atoms with E-state index in [0.29, 0.717) is 6.54 Å². The number of hydrogen-bond acceptors (Lipinski definition) is 5. The van der Waals surface area contributed by atoms with Crippen LogP contribution >= 0.6 is 0 Å². The fraction of sp³-hybridized carbons (Fsp3) is 0.308. The van der Waals surface area contributed by atoms with Gasteiger partial charge >= 0.3 is 0 Å². The van der Waals surface area contributed by atoms with Crippen LogP contribution in [0.3, 0.4) is 0 Å². The molecule has 0 aliphatic heterocycles. The molecule has 0 spiro atoms. The van der Waals surface area contributed by atoms with Crippen LogP contribution in [0, 0.1) is 0 Å². The molecule has 6 heteroatoms. The number of aromatic nitrogens is 3. The van der Waals surface area contributed by atoms with E-state index in [1.54, 1.807) is 25.5 Å². The molecule has 0 atom stereocenters. The van der Waals surface area contributed by atoms with E-state index in [-0.39, 0.29) is 5.56 Å². The minimum atomic E-state index is -0.128. The van der Waals surface area contributed by atoms with E-state index < -0.39 is 0 Å². The van der Waals surface area contributed by atoms with Crippen LogP contribution in [0.4, 0.5) is 11.5 Å². The maximum absolute atomic E-state index is 12.0. The van der Waals surface area contributed by atoms with Gasteiger partial charge < -0.3 is 10.2 Å². The van der Waals surface area contributed by atoms with E-state index in [0.717, 1.165) is 17.1 Å². The summed E-state index contributed by atoms with van der Waals surface area (Å²) in [7, 11) is 5.55. The van der Waals surface area contributed by atoms with Gasteiger partial charge in [-0.3, -0.25) is 4.79 Å². The minimum Gasteiger partial charge on any atom is -0.376 e. The summed E-state index contributed by atoms with van der Waals surface area (Å²) in [5.41, 5.74) is 1.59. The van der Waals surface area contributed by atoms with Crippen molar-refractivity contribution in [1.82, 2.24) is 14.8 Å². The smallest absolute Gasteiger partial charge is 0.269 e. The molecule has 0 amide bonds. The third-order valence-electron chi connectivity index (χ3n) is 2.82. The van der Waals surface area contributed by atoms with Crippen LogP contribution in [0.25, 0.3) is 0 Å². The maximum Gasteiger partial charge on any atom is 0.269 e. The van der Waals surface area contributed by atoms with Crippen LogP contribution in [0.1, 0.15) is 5.56 Å². The molecule has 19 heavy (non-hydrogen) atoms. The van der Waals surface area contributed by atoms with Gasteiger partial charge in [0, 0.05) is 39.0 Å². The molecular weight excluding hydrogens is 242 g/mol. The number of pyridine rings is 1. The first kappa shape index (κ1) is 13.1. The predicted molar refractivity (Wildman–Crippen MR) is 75.7 cm³/mol. The van der Waals surface area contributed by atoms with Crippen LogP contribution in [0.15, 0.2) is 35.4 Å². The van der Waals surface area contributed by atoms with Crippen molar-refractivity contribution >= 4 is 11.5 Å². The third kappa shape index (κ3) is 2.90. The molecule has 0 radical (unpaired) electrons. The zero-order valence-corrected chi connectivity index (χ0v) is 11.3. The van der Waals surface area contributed by atoms with E-state index in [4.69, 9.17) is 0 Å². The number of nitrogens with zero attached hydrogens (tertiary/aromatic N) is 4. The molecular formula is C13H17N5O. The van der Waals surface area contributed by atoms with Crippen molar-refractivity contribution in [2.24, 2.45) is 0 Å². The average Bonchev–Trinajstić information content (AvgIpc) is 2.41. The molecule has 0 fully saturated rings. The van der Waals surface area contributed by atoms with Gasteiger partial charge in [-0.2, -0.15) is 5.10 Å². The Morgan fingerprint density at radius 3 is 2.84 bits per heavy atom. The molecule has 6 nitrogen and oxygen atoms in total. The van der Waals surface area contributed by atoms with Crippen molar-refractivity contribution in [2.45, 2.75) is 6.54 Å². The molecule has 2 heterocycles. The van der Waals surface area contributed by atoms with Crippen LogP contribution in [-0.2, 0) is 6.54 Å². The van der Waals surface area contributed by atoms with Gasteiger partial charge in [-0.25, -0.2) is 9.67 Å². The van der Waals surface area contributed by atoms with Crippen LogP contribution in [0.2, 0.25) is 0 Å². The van der Waals surface area contributed by atoms with E-state index in [9.17, 15) is 4.79 Å². The molecule has 0 aliphatic carbocycles. The van der Waals surface area contributed by atoms with E-state index in [1.165, 1.54) is 4.68 Å². The van der Waals surface area contributed by atoms with Crippen LogP contribution < -0.4 is 15.8 Å². The highest BCUT2D eigenvalue weighted by Gasteiger charge is 2.06. The lowest BCUT2D eigenvalue weighted by atomic mass is 10.2. The normalized spacial score (nSPS) is 10.3. The zero-order chi connectivity index (χ0) is 13.8. The summed E-state index contributed by atoms with van der Waals surface area (Å²) < 4.78 is 1.42. The fourth-order valence-electron chi connectivity index (χ4n) is 1.74. The van der Waals surface area contributed by atoms with E-state index >= 15 is 0 Å². The first-order chi connectivity index (χ1) is 9.11. The second-order valence-electron chi connectivity index (χ2n) is 4.37. The Kier molecular flexibility index (Phi) is 3.79. The van der Waals surface area contributed by atoms with Gasteiger partial charge in [0.25, 0.3) is 5.56 Å². The molecule has 2 rings (SSSR count). The quantitative estimate of drug-likeness (QED) is 0.879. The van der Waals surface area contributed by atoms with E-state index in [2.05, 4.69) is 15.4 Å². The Balaban J connectivity index is 2.31. The topological polar surface area (TPSA) is 63.1 Å². The molecule has 0 unspecified atom stereocenters. The minimum absolute atomic E-state index is 0.128. The van der Waals surface area contributed by atoms with Crippen LogP contribution in [-0.4, -0.2) is 35.9 Å². The van der Waals surface area contributed by atoms with Gasteiger partial charge in [0.2, 0.25) is 0 Å². The van der Waals surface area contributed by atoms with Crippen molar-refractivity contribution < 1.29 is 0 Å². The highest BCUT2D eigenvalue weighted by atomic mass is 16.1. The number of rotatable bonds is 4. The predicted octanol–water partition coefficient (Wildman–Crippen LogP) is 0.794. The summed E-state index contributed by atoms with van der Waals surface area (Å²) in [6.07, 6.45) is 3.39. The summed E-state index contributed by atoms with van der Waals surface area (Å²) in [6, 6.07) is 5.34. The summed E-state index contributed by atoms with van der Waals surface area (Å²) in [4.78, 5) is 18.0. The standard InChI is InChI=1S/C13H17N5O/c1-14-13-10(5-4-6-15-13)9-18-12(19)7-11(8-16-18)17(2)3/h4-8H,9H2,1-3H3,(H,14,15). The SMILES string of the molecule is CNc1ncccc1Cn1ncc(N(C)C)cc1=O. The second-order valence-corrected chi connectivity index (χ2v) is 4.37. The van der Waals surface area contributed by atoms with Crippen molar-refractivity contribution in [3.05, 3.63) is 46.5 Å². The van der Waals surface area contributed by atoms with Crippen LogP contribution in [0.5, 0.6) is 0 Å². The maximum atomic E-state index is 12.0. The van der Waals surface area contributed by atoms with Gasteiger partial charge in [0.15, 0.2) is 0 Å². The molecule has 2 aromatic heterocycles. The molecule has 100 valence electrons. The van der Waals surface area contributed by atoms with Crippen molar-refractivity contribution in [2.75, 3.05) is 31.4 Å². The van der Waals surface area contributed by atoms with Crippen molar-refractivity contribution in [3.8, 4) is 0 Å². The lowest BCUT2D eigenvalue weighted by Gasteiger charge is -2.13. The zero-order valence-electron chi connectivity index (χ0n) is 11.3. The Bertz CT molecular complexity index is 620. The van der Waals surface area contributed by atoms with Gasteiger partial charge in [-0.05, 0) is 6.07 Å². The first-order valence-electron chi connectivity index (χ1n) is 5.98. The molecule has 2 aromatic rings. The van der Waals surface area contributed by atoms with Crippen molar-refractivity contribution in [1.29, 1.82) is 0 Å². The molecule has 0 saturated carbocycles. The monoisotopic (exact) mass is 259 g/mol. The fourth-order valence-corrected chi connectivity index (χ4v) is 1.74. The van der Waals surface area contributed by atoms with Crippen molar-refractivity contribution in [3.63, 3.8) is 0 Å². The number of anilines is 2. The van der Waals surface area contributed by atoms with E-state index in [1.807, 2.05) is 31.1 Å². The number of hydrogen-bond donors (Lipinski definition) is 1. The summed E-state index contributed by atoms with van der Waals surface area (Å²) in [5, 5.41) is 7.18. The molecule has 0 bridgehead atoms. The van der Waals surface area contributed by atoms with Gasteiger partial charge in [0.1, 0.15) is 5.82 Å². The Hall–Kier alpha value is -2.37. The summed E-state index contributed by atoms with van der Waals surface area (Å²) >= 11 is 0. The first-order valence-corrected chi connectivity index (χ1v) is 5.98. The summed E-state index contributed by atoms with van der Waals surface area (Å²) in [5.74, 6) is 0.757. The lowest BCUT2D eigenvalue weighted by molar-refractivity contribution is 0.638. The second kappa shape index (κ2) is 5.51. The third-order valence-corrected chi connectivity index (χ3v) is 2.82. The molecule has 0 saturated heterocycles. The molecule has 0 aliphatic rings. The average molecular weight is 259 g/mol. The summed E-state index contributed by atoms with van der Waals surface area (Å²) in [6.45, 7) is 0.399. The highest BCUT2D eigenvalue weighted by Crippen LogP contribution is 2.11. The lowest BCUT2D eigenvalue weighted by Crippen LogP contribution is -2.25. The Labute approximate surface area is 111 Å². The Morgan fingerprint density at radius 2 is 2.21 bits per heavy atom. The largest absolute Gasteiger partial charge is 0.376 e. The van der Waals surface area contributed by atoms with Gasteiger partial charge in [0.05, 0.1) is 18.4 Å². The molecule has 0 aromatic carbocycles. The Morgan fingerprint density at radius 1 is 1.42 bits per heavy atom. The van der Waals surface area contributed by atoms with Gasteiger partial charge in [-0.1, -0.05) is 6.07 Å². The van der Waals surface area contributed by atoms with Gasteiger partial charge in [-0.15, -0.1) is 0 Å². The number of nitrogens with one attached hydrogen (secondary N) is 1. The highest BCUT2D eigenvalue weighted by molar-refractivity contribution is 5.43.